The second-order valence-corrected chi connectivity index (χ2v) is 4.72. The monoisotopic (exact) mass is 187 g/mol. The third kappa shape index (κ3) is 3.05. The van der Waals surface area contributed by atoms with Crippen molar-refractivity contribution in [2.45, 2.75) is 20.3 Å². The first-order chi connectivity index (χ1) is 5.70. The molecular weight excluding hydrogens is 170 g/mol. The van der Waals surface area contributed by atoms with Crippen molar-refractivity contribution in [3.8, 4) is 0 Å². The van der Waals surface area contributed by atoms with Gasteiger partial charge < -0.3 is 4.90 Å². The molecule has 0 aromatic carbocycles. The molecule has 0 atom stereocenters. The van der Waals surface area contributed by atoms with E-state index in [2.05, 4.69) is 13.8 Å². The number of hydrogen-bond donors (Lipinski definition) is 0. The summed E-state index contributed by atoms with van der Waals surface area (Å²) in [5.41, 5.74) is 0. The van der Waals surface area contributed by atoms with Gasteiger partial charge >= 0.3 is 0 Å². The zero-order valence-electron chi connectivity index (χ0n) is 7.88. The van der Waals surface area contributed by atoms with Gasteiger partial charge in [-0.05, 0) is 12.3 Å². The van der Waals surface area contributed by atoms with E-state index in [1.807, 2.05) is 4.90 Å². The van der Waals surface area contributed by atoms with Crippen LogP contribution in [0.4, 0.5) is 0 Å². The first-order valence-corrected chi connectivity index (χ1v) is 5.71. The summed E-state index contributed by atoms with van der Waals surface area (Å²) < 4.78 is 0. The van der Waals surface area contributed by atoms with E-state index in [9.17, 15) is 4.79 Å². The minimum atomic E-state index is 0.326. The summed E-state index contributed by atoms with van der Waals surface area (Å²) >= 11 is 1.75. The molecule has 2 nitrogen and oxygen atoms in total. The molecule has 1 heterocycles. The predicted molar refractivity (Wildman–Crippen MR) is 53.4 cm³/mol. The molecule has 0 aromatic heterocycles. The Bertz CT molecular complexity index is 159. The largest absolute Gasteiger partial charge is 0.341 e. The van der Waals surface area contributed by atoms with Crippen molar-refractivity contribution in [1.29, 1.82) is 0 Å². The standard InChI is InChI=1S/C9H17NOS/c1-8(2)3-4-10-5-6-12-7-9(10)11/h8H,3-7H2,1-2H3. The van der Waals surface area contributed by atoms with Crippen LogP contribution >= 0.6 is 11.8 Å². The van der Waals surface area contributed by atoms with Gasteiger partial charge in [0.25, 0.3) is 0 Å². The van der Waals surface area contributed by atoms with Crippen molar-refractivity contribution < 1.29 is 4.79 Å². The van der Waals surface area contributed by atoms with E-state index < -0.39 is 0 Å². The highest BCUT2D eigenvalue weighted by Gasteiger charge is 2.17. The number of carbonyl (C=O) groups is 1. The SMILES string of the molecule is CC(C)CCN1CCSCC1=O. The molecule has 0 aliphatic carbocycles. The molecule has 1 fully saturated rings. The van der Waals surface area contributed by atoms with Crippen LogP contribution in [-0.2, 0) is 4.79 Å². The Labute approximate surface area is 78.7 Å². The lowest BCUT2D eigenvalue weighted by Gasteiger charge is -2.26. The van der Waals surface area contributed by atoms with Crippen LogP contribution < -0.4 is 0 Å². The fourth-order valence-electron chi connectivity index (χ4n) is 1.20. The quantitative estimate of drug-likeness (QED) is 0.669. The van der Waals surface area contributed by atoms with Crippen molar-refractivity contribution in [2.75, 3.05) is 24.6 Å². The number of amides is 1. The highest BCUT2D eigenvalue weighted by molar-refractivity contribution is 8.00. The van der Waals surface area contributed by atoms with Crippen LogP contribution in [0.15, 0.2) is 0 Å². The van der Waals surface area contributed by atoms with E-state index in [-0.39, 0.29) is 0 Å². The third-order valence-electron chi connectivity index (χ3n) is 2.06. The smallest absolute Gasteiger partial charge is 0.232 e. The summed E-state index contributed by atoms with van der Waals surface area (Å²) in [4.78, 5) is 13.3. The molecule has 0 unspecified atom stereocenters. The van der Waals surface area contributed by atoms with Crippen LogP contribution in [0.2, 0.25) is 0 Å². The maximum Gasteiger partial charge on any atom is 0.232 e. The number of hydrogen-bond acceptors (Lipinski definition) is 2. The van der Waals surface area contributed by atoms with E-state index in [1.54, 1.807) is 11.8 Å². The van der Waals surface area contributed by atoms with Crippen LogP contribution in [-0.4, -0.2) is 35.4 Å². The minimum Gasteiger partial charge on any atom is -0.341 e. The lowest BCUT2D eigenvalue weighted by Crippen LogP contribution is -2.39. The van der Waals surface area contributed by atoms with Gasteiger partial charge in [0.15, 0.2) is 0 Å². The molecule has 3 heteroatoms. The van der Waals surface area contributed by atoms with Gasteiger partial charge in [-0.15, -0.1) is 0 Å². The minimum absolute atomic E-state index is 0.326. The van der Waals surface area contributed by atoms with E-state index in [0.29, 0.717) is 17.6 Å². The second-order valence-electron chi connectivity index (χ2n) is 3.62. The Morgan fingerprint density at radius 2 is 2.33 bits per heavy atom. The predicted octanol–water partition coefficient (Wildman–Crippen LogP) is 1.61. The van der Waals surface area contributed by atoms with Gasteiger partial charge in [-0.2, -0.15) is 11.8 Å². The Kier molecular flexibility index (Phi) is 3.92. The normalized spacial score (nSPS) is 18.9. The molecule has 0 radical (unpaired) electrons. The second kappa shape index (κ2) is 4.75. The fourth-order valence-corrected chi connectivity index (χ4v) is 2.05. The molecule has 0 N–H and O–H groups in total. The summed E-state index contributed by atoms with van der Waals surface area (Å²) in [6.07, 6.45) is 1.14. The molecule has 1 aliphatic heterocycles. The van der Waals surface area contributed by atoms with E-state index in [1.165, 1.54) is 0 Å². The molecule has 70 valence electrons. The van der Waals surface area contributed by atoms with Crippen molar-refractivity contribution >= 4 is 17.7 Å². The maximum absolute atomic E-state index is 11.3. The number of nitrogens with zero attached hydrogens (tertiary/aromatic N) is 1. The zero-order chi connectivity index (χ0) is 8.97. The maximum atomic E-state index is 11.3. The summed E-state index contributed by atoms with van der Waals surface area (Å²) in [6.45, 7) is 6.31. The topological polar surface area (TPSA) is 20.3 Å². The van der Waals surface area contributed by atoms with E-state index >= 15 is 0 Å². The third-order valence-corrected chi connectivity index (χ3v) is 2.98. The zero-order valence-corrected chi connectivity index (χ0v) is 8.69. The average molecular weight is 187 g/mol. The van der Waals surface area contributed by atoms with Gasteiger partial charge in [-0.3, -0.25) is 4.79 Å². The van der Waals surface area contributed by atoms with Gasteiger partial charge in [-0.1, -0.05) is 13.8 Å². The van der Waals surface area contributed by atoms with Crippen LogP contribution in [0.1, 0.15) is 20.3 Å². The number of thioether (sulfide) groups is 1. The number of carbonyl (C=O) groups excluding carboxylic acids is 1. The van der Waals surface area contributed by atoms with Crippen LogP contribution in [0.3, 0.4) is 0 Å². The molecule has 0 aromatic rings. The molecule has 1 saturated heterocycles. The van der Waals surface area contributed by atoms with Crippen LogP contribution in [0.25, 0.3) is 0 Å². The molecule has 0 bridgehead atoms. The molecule has 1 amide bonds. The Balaban J connectivity index is 2.25. The first kappa shape index (κ1) is 9.90. The van der Waals surface area contributed by atoms with E-state index in [0.717, 1.165) is 25.3 Å². The molecule has 0 spiro atoms. The molecular formula is C9H17NOS. The summed E-state index contributed by atoms with van der Waals surface area (Å²) in [5.74, 6) is 2.83. The van der Waals surface area contributed by atoms with Gasteiger partial charge in [-0.25, -0.2) is 0 Å². The average Bonchev–Trinajstić information content (AvgIpc) is 2.03. The van der Waals surface area contributed by atoms with Crippen molar-refractivity contribution in [3.05, 3.63) is 0 Å². The van der Waals surface area contributed by atoms with Crippen LogP contribution in [0, 0.1) is 5.92 Å². The summed E-state index contributed by atoms with van der Waals surface area (Å²) in [6, 6.07) is 0. The highest BCUT2D eigenvalue weighted by Crippen LogP contribution is 2.12. The van der Waals surface area contributed by atoms with E-state index in [4.69, 9.17) is 0 Å². The highest BCUT2D eigenvalue weighted by atomic mass is 32.2. The van der Waals surface area contributed by atoms with Gasteiger partial charge in [0.1, 0.15) is 0 Å². The van der Waals surface area contributed by atoms with Crippen molar-refractivity contribution in [1.82, 2.24) is 4.90 Å². The lowest BCUT2D eigenvalue weighted by atomic mass is 10.1. The Morgan fingerprint density at radius 3 is 2.92 bits per heavy atom. The summed E-state index contributed by atoms with van der Waals surface area (Å²) in [7, 11) is 0. The molecule has 0 saturated carbocycles. The van der Waals surface area contributed by atoms with Crippen molar-refractivity contribution in [3.63, 3.8) is 0 Å². The van der Waals surface area contributed by atoms with Gasteiger partial charge in [0.05, 0.1) is 5.75 Å². The first-order valence-electron chi connectivity index (χ1n) is 4.55. The van der Waals surface area contributed by atoms with Gasteiger partial charge in [0, 0.05) is 18.8 Å². The summed E-state index contributed by atoms with van der Waals surface area (Å²) in [5, 5.41) is 0. The van der Waals surface area contributed by atoms with Gasteiger partial charge in [0.2, 0.25) is 5.91 Å². The van der Waals surface area contributed by atoms with Crippen molar-refractivity contribution in [2.24, 2.45) is 5.92 Å². The van der Waals surface area contributed by atoms with Crippen LogP contribution in [0.5, 0.6) is 0 Å². The lowest BCUT2D eigenvalue weighted by molar-refractivity contribution is -0.128. The molecule has 12 heavy (non-hydrogen) atoms. The fraction of sp³-hybridized carbons (Fsp3) is 0.889. The Hall–Kier alpha value is -0.180. The number of rotatable bonds is 3. The Morgan fingerprint density at radius 1 is 1.58 bits per heavy atom. The molecule has 1 rings (SSSR count). The molecule has 1 aliphatic rings.